The number of benzene rings is 1. The minimum Gasteiger partial charge on any atom is -0.493 e. The number of hydrogen-bond donors (Lipinski definition) is 2. The number of hydrogen-bond acceptors (Lipinski definition) is 3. The predicted octanol–water partition coefficient (Wildman–Crippen LogP) is 2.00. The first-order valence-corrected chi connectivity index (χ1v) is 6.42. The van der Waals surface area contributed by atoms with E-state index in [2.05, 4.69) is 12.2 Å². The Bertz CT molecular complexity index is 363. The molecule has 0 bridgehead atoms. The Kier molecular flexibility index (Phi) is 6.22. The second kappa shape index (κ2) is 7.71. The molecule has 0 aliphatic rings. The molecule has 0 fully saturated rings. The zero-order valence-electron chi connectivity index (χ0n) is 11.1. The molecule has 1 amide bonds. The minimum atomic E-state index is 0.0159. The maximum absolute atomic E-state index is 11.2. The summed E-state index contributed by atoms with van der Waals surface area (Å²) < 4.78 is 5.49. The van der Waals surface area contributed by atoms with Crippen LogP contribution in [0.15, 0.2) is 24.3 Å². The fourth-order valence-electron chi connectivity index (χ4n) is 1.59. The molecule has 0 unspecified atom stereocenters. The Morgan fingerprint density at radius 1 is 1.33 bits per heavy atom. The number of nitrogens with two attached hydrogens (primary N) is 1. The molecule has 0 saturated heterocycles. The molecule has 0 saturated carbocycles. The quantitative estimate of drug-likeness (QED) is 0.778. The summed E-state index contributed by atoms with van der Waals surface area (Å²) >= 11 is 0. The van der Waals surface area contributed by atoms with E-state index in [4.69, 9.17) is 10.5 Å². The van der Waals surface area contributed by atoms with Gasteiger partial charge in [-0.2, -0.15) is 0 Å². The van der Waals surface area contributed by atoms with Gasteiger partial charge in [-0.15, -0.1) is 0 Å². The van der Waals surface area contributed by atoms with Gasteiger partial charge in [0.1, 0.15) is 5.75 Å². The van der Waals surface area contributed by atoms with E-state index < -0.39 is 0 Å². The van der Waals surface area contributed by atoms with Crippen LogP contribution in [0.25, 0.3) is 0 Å². The summed E-state index contributed by atoms with van der Waals surface area (Å²) in [5.41, 5.74) is 7.03. The van der Waals surface area contributed by atoms with Gasteiger partial charge in [0, 0.05) is 12.6 Å². The third-order valence-electron chi connectivity index (χ3n) is 2.72. The lowest BCUT2D eigenvalue weighted by Crippen LogP contribution is -2.24. The number of carbonyl (C=O) groups excluding carboxylic acids is 1. The SMILES string of the molecule is CCNC(=O)CCOc1ccc([C@@H](N)CC)cc1. The topological polar surface area (TPSA) is 64.3 Å². The summed E-state index contributed by atoms with van der Waals surface area (Å²) in [6.45, 7) is 5.00. The highest BCUT2D eigenvalue weighted by Gasteiger charge is 2.04. The normalized spacial score (nSPS) is 11.9. The summed E-state index contributed by atoms with van der Waals surface area (Å²) in [5.74, 6) is 0.786. The Morgan fingerprint density at radius 3 is 2.56 bits per heavy atom. The molecule has 18 heavy (non-hydrogen) atoms. The van der Waals surface area contributed by atoms with E-state index in [1.165, 1.54) is 0 Å². The van der Waals surface area contributed by atoms with Crippen molar-refractivity contribution in [3.63, 3.8) is 0 Å². The second-order valence-electron chi connectivity index (χ2n) is 4.14. The van der Waals surface area contributed by atoms with Gasteiger partial charge in [-0.1, -0.05) is 19.1 Å². The van der Waals surface area contributed by atoms with Crippen LogP contribution in [0.2, 0.25) is 0 Å². The van der Waals surface area contributed by atoms with E-state index in [9.17, 15) is 4.79 Å². The predicted molar refractivity (Wildman–Crippen MR) is 72.5 cm³/mol. The fourth-order valence-corrected chi connectivity index (χ4v) is 1.59. The molecule has 0 aliphatic heterocycles. The van der Waals surface area contributed by atoms with Gasteiger partial charge in [-0.3, -0.25) is 4.79 Å². The standard InChI is InChI=1S/C14H22N2O2/c1-3-13(15)11-5-7-12(8-6-11)18-10-9-14(17)16-4-2/h5-8,13H,3-4,9-10,15H2,1-2H3,(H,16,17)/t13-/m0/s1. The Morgan fingerprint density at radius 2 is 2.00 bits per heavy atom. The first kappa shape index (κ1) is 14.5. The molecule has 1 aromatic carbocycles. The van der Waals surface area contributed by atoms with Gasteiger partial charge in [0.05, 0.1) is 13.0 Å². The highest BCUT2D eigenvalue weighted by molar-refractivity contribution is 5.75. The third kappa shape index (κ3) is 4.75. The average Bonchev–Trinajstić information content (AvgIpc) is 2.39. The van der Waals surface area contributed by atoms with Crippen LogP contribution >= 0.6 is 0 Å². The maximum atomic E-state index is 11.2. The van der Waals surface area contributed by atoms with Crippen LogP contribution in [0.3, 0.4) is 0 Å². The van der Waals surface area contributed by atoms with E-state index >= 15 is 0 Å². The Hall–Kier alpha value is -1.55. The molecule has 4 nitrogen and oxygen atoms in total. The lowest BCUT2D eigenvalue weighted by atomic mass is 10.1. The second-order valence-corrected chi connectivity index (χ2v) is 4.14. The molecular weight excluding hydrogens is 228 g/mol. The van der Waals surface area contributed by atoms with Crippen LogP contribution < -0.4 is 15.8 Å². The molecule has 0 radical (unpaired) electrons. The van der Waals surface area contributed by atoms with Crippen molar-refractivity contribution in [3.05, 3.63) is 29.8 Å². The summed E-state index contributed by atoms with van der Waals surface area (Å²) in [5, 5.41) is 2.73. The first-order valence-electron chi connectivity index (χ1n) is 6.42. The minimum absolute atomic E-state index is 0.0159. The number of ether oxygens (including phenoxy) is 1. The molecule has 3 N–H and O–H groups in total. The molecule has 4 heteroatoms. The number of carbonyl (C=O) groups is 1. The molecule has 0 spiro atoms. The summed E-state index contributed by atoms with van der Waals surface area (Å²) in [7, 11) is 0. The van der Waals surface area contributed by atoms with Crippen molar-refractivity contribution in [1.29, 1.82) is 0 Å². The molecule has 0 aromatic heterocycles. The molecule has 100 valence electrons. The van der Waals surface area contributed by atoms with Crippen LogP contribution in [0.5, 0.6) is 5.75 Å². The molecule has 1 aromatic rings. The third-order valence-corrected chi connectivity index (χ3v) is 2.72. The summed E-state index contributed by atoms with van der Waals surface area (Å²) in [6, 6.07) is 7.80. The molecular formula is C14H22N2O2. The molecule has 0 aliphatic carbocycles. The van der Waals surface area contributed by atoms with Gasteiger partial charge in [0.15, 0.2) is 0 Å². The van der Waals surface area contributed by atoms with Crippen molar-refractivity contribution in [2.24, 2.45) is 5.73 Å². The smallest absolute Gasteiger partial charge is 0.223 e. The van der Waals surface area contributed by atoms with Gasteiger partial charge >= 0.3 is 0 Å². The average molecular weight is 250 g/mol. The zero-order valence-corrected chi connectivity index (χ0v) is 11.1. The largest absolute Gasteiger partial charge is 0.493 e. The monoisotopic (exact) mass is 250 g/mol. The van der Waals surface area contributed by atoms with Crippen molar-refractivity contribution in [2.75, 3.05) is 13.2 Å². The van der Waals surface area contributed by atoms with Gasteiger partial charge < -0.3 is 15.8 Å². The van der Waals surface area contributed by atoms with Crippen LogP contribution in [-0.4, -0.2) is 19.1 Å². The molecule has 0 heterocycles. The molecule has 1 atom stereocenters. The highest BCUT2D eigenvalue weighted by atomic mass is 16.5. The van der Waals surface area contributed by atoms with Gasteiger partial charge in [-0.05, 0) is 31.0 Å². The van der Waals surface area contributed by atoms with Crippen molar-refractivity contribution < 1.29 is 9.53 Å². The van der Waals surface area contributed by atoms with Crippen LogP contribution in [0.1, 0.15) is 38.3 Å². The van der Waals surface area contributed by atoms with Crippen molar-refractivity contribution >= 4 is 5.91 Å². The Balaban J connectivity index is 2.37. The van der Waals surface area contributed by atoms with Crippen LogP contribution in [0, 0.1) is 0 Å². The maximum Gasteiger partial charge on any atom is 0.223 e. The van der Waals surface area contributed by atoms with E-state index in [0.717, 1.165) is 17.7 Å². The zero-order chi connectivity index (χ0) is 13.4. The summed E-state index contributed by atoms with van der Waals surface area (Å²) in [6.07, 6.45) is 1.29. The summed E-state index contributed by atoms with van der Waals surface area (Å²) in [4.78, 5) is 11.2. The van der Waals surface area contributed by atoms with E-state index in [1.807, 2.05) is 31.2 Å². The van der Waals surface area contributed by atoms with Gasteiger partial charge in [0.25, 0.3) is 0 Å². The van der Waals surface area contributed by atoms with Gasteiger partial charge in [0.2, 0.25) is 5.91 Å². The van der Waals surface area contributed by atoms with Crippen molar-refractivity contribution in [3.8, 4) is 5.75 Å². The van der Waals surface area contributed by atoms with E-state index in [0.29, 0.717) is 19.6 Å². The number of nitrogens with one attached hydrogen (secondary N) is 1. The Labute approximate surface area is 109 Å². The van der Waals surface area contributed by atoms with Crippen molar-refractivity contribution in [2.45, 2.75) is 32.7 Å². The number of rotatable bonds is 7. The van der Waals surface area contributed by atoms with Crippen molar-refractivity contribution in [1.82, 2.24) is 5.32 Å². The number of amides is 1. The molecule has 1 rings (SSSR count). The fraction of sp³-hybridized carbons (Fsp3) is 0.500. The highest BCUT2D eigenvalue weighted by Crippen LogP contribution is 2.18. The van der Waals surface area contributed by atoms with E-state index in [1.54, 1.807) is 0 Å². The first-order chi connectivity index (χ1) is 8.67. The van der Waals surface area contributed by atoms with Crippen LogP contribution in [-0.2, 0) is 4.79 Å². The van der Waals surface area contributed by atoms with E-state index in [-0.39, 0.29) is 11.9 Å². The van der Waals surface area contributed by atoms with Gasteiger partial charge in [-0.25, -0.2) is 0 Å². The van der Waals surface area contributed by atoms with Crippen LogP contribution in [0.4, 0.5) is 0 Å². The lowest BCUT2D eigenvalue weighted by molar-refractivity contribution is -0.121. The lowest BCUT2D eigenvalue weighted by Gasteiger charge is -2.10.